The molecule has 5 N–H and O–H groups in total. The minimum absolute atomic E-state index is 0.215. The molecule has 1 fully saturated rings. The summed E-state index contributed by atoms with van der Waals surface area (Å²) >= 11 is 0. The molecule has 0 aromatic heterocycles. The molecule has 1 aliphatic rings. The first kappa shape index (κ1) is 20.8. The van der Waals surface area contributed by atoms with Gasteiger partial charge in [-0.1, -0.05) is 39.5 Å². The molecule has 8 heteroatoms. The third kappa shape index (κ3) is 10.4. The molecule has 120 valence electrons. The van der Waals surface area contributed by atoms with E-state index in [-0.39, 0.29) is 5.60 Å². The van der Waals surface area contributed by atoms with Crippen molar-refractivity contribution in [3.05, 3.63) is 0 Å². The number of rotatable bonds is 3. The van der Waals surface area contributed by atoms with Crippen LogP contribution in [0.25, 0.3) is 0 Å². The molecule has 0 radical (unpaired) electrons. The Morgan fingerprint density at radius 1 is 1.05 bits per heavy atom. The van der Waals surface area contributed by atoms with Gasteiger partial charge >= 0.3 is 12.3 Å². The van der Waals surface area contributed by atoms with E-state index in [4.69, 9.17) is 40.2 Å². The van der Waals surface area contributed by atoms with Gasteiger partial charge in [-0.2, -0.15) is 0 Å². The first-order valence-electron chi connectivity index (χ1n) is 6.38. The molecule has 20 heavy (non-hydrogen) atoms. The van der Waals surface area contributed by atoms with Gasteiger partial charge in [-0.15, -0.1) is 0 Å². The van der Waals surface area contributed by atoms with Crippen molar-refractivity contribution in [3.8, 4) is 0 Å². The van der Waals surface area contributed by atoms with Gasteiger partial charge in [0.2, 0.25) is 0 Å². The van der Waals surface area contributed by atoms with Crippen LogP contribution in [0.5, 0.6) is 0 Å². The Labute approximate surface area is 117 Å². The predicted octanol–water partition coefficient (Wildman–Crippen LogP) is 3.67. The van der Waals surface area contributed by atoms with Crippen LogP contribution in [0, 0.1) is 5.92 Å². The van der Waals surface area contributed by atoms with E-state index in [1.54, 1.807) is 0 Å². The van der Waals surface area contributed by atoms with Crippen molar-refractivity contribution in [2.24, 2.45) is 5.92 Å². The lowest BCUT2D eigenvalue weighted by molar-refractivity contribution is -0.344. The summed E-state index contributed by atoms with van der Waals surface area (Å²) in [6.07, 6.45) is 3.16. The first-order valence-corrected chi connectivity index (χ1v) is 6.38. The van der Waals surface area contributed by atoms with Gasteiger partial charge in [-0.3, -0.25) is 5.26 Å². The number of hydrogen-bond donors (Lipinski definition) is 5. The Balaban J connectivity index is 0. The zero-order chi connectivity index (χ0) is 16.2. The lowest BCUT2D eigenvalue weighted by atomic mass is 9.75. The van der Waals surface area contributed by atoms with E-state index in [1.807, 2.05) is 0 Å². The van der Waals surface area contributed by atoms with Gasteiger partial charge in [0.15, 0.2) is 0 Å². The minimum atomic E-state index is -1.83. The van der Waals surface area contributed by atoms with E-state index in [0.717, 1.165) is 19.3 Å². The highest BCUT2D eigenvalue weighted by Gasteiger charge is 2.38. The minimum Gasteiger partial charge on any atom is -0.450 e. The third-order valence-corrected chi connectivity index (χ3v) is 3.39. The molecular formula is C12H24O8. The molecule has 1 unspecified atom stereocenters. The topological polar surface area (TPSA) is 145 Å². The molecule has 1 aliphatic carbocycles. The summed E-state index contributed by atoms with van der Waals surface area (Å²) in [7, 11) is 0. The van der Waals surface area contributed by atoms with Crippen molar-refractivity contribution >= 4 is 12.3 Å². The molecule has 0 saturated heterocycles. The summed E-state index contributed by atoms with van der Waals surface area (Å²) in [5.41, 5.74) is -0.215. The highest BCUT2D eigenvalue weighted by molar-refractivity contribution is 5.53. The van der Waals surface area contributed by atoms with Gasteiger partial charge in [0.05, 0.1) is 0 Å². The molecule has 0 spiro atoms. The van der Waals surface area contributed by atoms with Crippen LogP contribution in [0.2, 0.25) is 0 Å². The average Bonchev–Trinajstić information content (AvgIpc) is 2.37. The normalized spacial score (nSPS) is 17.6. The Bertz CT molecular complexity index is 253. The van der Waals surface area contributed by atoms with Crippen LogP contribution in [0.1, 0.15) is 52.4 Å². The van der Waals surface area contributed by atoms with Crippen molar-refractivity contribution in [1.82, 2.24) is 0 Å². The van der Waals surface area contributed by atoms with Crippen molar-refractivity contribution in [2.75, 3.05) is 0 Å². The summed E-state index contributed by atoms with van der Waals surface area (Å²) in [6.45, 7) is 4.32. The second-order valence-corrected chi connectivity index (χ2v) is 4.59. The second-order valence-electron chi connectivity index (χ2n) is 4.59. The van der Waals surface area contributed by atoms with E-state index in [2.05, 4.69) is 13.8 Å². The predicted molar refractivity (Wildman–Crippen MR) is 70.3 cm³/mol. The summed E-state index contributed by atoms with van der Waals surface area (Å²) in [5.74, 6) is 0.475. The highest BCUT2D eigenvalue weighted by Crippen LogP contribution is 2.38. The summed E-state index contributed by atoms with van der Waals surface area (Å²) < 4.78 is 0. The van der Waals surface area contributed by atoms with Crippen LogP contribution < -0.4 is 0 Å². The molecule has 0 aromatic rings. The standard InChI is InChI=1S/C10H20O2.2CH2O3/c1-3-9(2)10(12-11)7-5-4-6-8-10;2*2-1(3)4/h9,11H,3-8H2,1-2H3;2*(H2,2,3,4). The van der Waals surface area contributed by atoms with Crippen LogP contribution in [0.15, 0.2) is 0 Å². The Kier molecular flexibility index (Phi) is 11.7. The molecule has 1 atom stereocenters. The average molecular weight is 296 g/mol. The number of carbonyl (C=O) groups is 2. The van der Waals surface area contributed by atoms with Crippen LogP contribution in [0.4, 0.5) is 9.59 Å². The van der Waals surface area contributed by atoms with E-state index in [9.17, 15) is 0 Å². The largest absolute Gasteiger partial charge is 0.503 e. The number of hydrogen-bond acceptors (Lipinski definition) is 4. The van der Waals surface area contributed by atoms with Gasteiger partial charge in [0.1, 0.15) is 5.60 Å². The monoisotopic (exact) mass is 296 g/mol. The van der Waals surface area contributed by atoms with Gasteiger partial charge in [-0.25, -0.2) is 14.5 Å². The van der Waals surface area contributed by atoms with Crippen molar-refractivity contribution < 1.29 is 40.2 Å². The first-order chi connectivity index (χ1) is 9.21. The Morgan fingerprint density at radius 3 is 1.65 bits per heavy atom. The third-order valence-electron chi connectivity index (χ3n) is 3.39. The van der Waals surface area contributed by atoms with Gasteiger partial charge in [0, 0.05) is 0 Å². The molecule has 0 aromatic carbocycles. The van der Waals surface area contributed by atoms with E-state index < -0.39 is 12.3 Å². The lowest BCUT2D eigenvalue weighted by Gasteiger charge is -2.38. The van der Waals surface area contributed by atoms with Crippen molar-refractivity contribution in [1.29, 1.82) is 0 Å². The molecular weight excluding hydrogens is 272 g/mol. The molecule has 0 heterocycles. The fraction of sp³-hybridized carbons (Fsp3) is 0.833. The lowest BCUT2D eigenvalue weighted by Crippen LogP contribution is -2.40. The molecule has 0 aliphatic heterocycles. The van der Waals surface area contributed by atoms with Crippen LogP contribution in [-0.2, 0) is 4.89 Å². The summed E-state index contributed by atoms with van der Waals surface area (Å²) in [5, 5.41) is 36.8. The van der Waals surface area contributed by atoms with Gasteiger partial charge in [-0.05, 0) is 18.8 Å². The molecule has 8 nitrogen and oxygen atoms in total. The zero-order valence-corrected chi connectivity index (χ0v) is 11.8. The summed E-state index contributed by atoms with van der Waals surface area (Å²) in [6, 6.07) is 0. The fourth-order valence-electron chi connectivity index (χ4n) is 2.20. The van der Waals surface area contributed by atoms with E-state index in [1.165, 1.54) is 19.3 Å². The fourth-order valence-corrected chi connectivity index (χ4v) is 2.20. The molecule has 0 amide bonds. The van der Waals surface area contributed by atoms with Crippen LogP contribution >= 0.6 is 0 Å². The maximum Gasteiger partial charge on any atom is 0.503 e. The molecule has 1 rings (SSSR count). The van der Waals surface area contributed by atoms with Crippen molar-refractivity contribution in [2.45, 2.75) is 58.0 Å². The maximum atomic E-state index is 8.94. The maximum absolute atomic E-state index is 8.94. The smallest absolute Gasteiger partial charge is 0.450 e. The van der Waals surface area contributed by atoms with Gasteiger partial charge in [0.25, 0.3) is 0 Å². The van der Waals surface area contributed by atoms with Crippen LogP contribution in [-0.4, -0.2) is 43.6 Å². The van der Waals surface area contributed by atoms with Crippen LogP contribution in [0.3, 0.4) is 0 Å². The molecule has 0 bridgehead atoms. The Morgan fingerprint density at radius 2 is 1.40 bits per heavy atom. The SMILES string of the molecule is CCC(C)C1(OO)CCCCC1.O=C(O)O.O=C(O)O. The highest BCUT2D eigenvalue weighted by atomic mass is 17.1. The molecule has 1 saturated carbocycles. The van der Waals surface area contributed by atoms with E-state index >= 15 is 0 Å². The summed E-state index contributed by atoms with van der Waals surface area (Å²) in [4.78, 5) is 21.8. The quantitative estimate of drug-likeness (QED) is 0.392. The van der Waals surface area contributed by atoms with Gasteiger partial charge < -0.3 is 20.4 Å². The Hall–Kier alpha value is -1.54. The zero-order valence-electron chi connectivity index (χ0n) is 11.8. The second kappa shape index (κ2) is 11.3. The van der Waals surface area contributed by atoms with Crippen molar-refractivity contribution in [3.63, 3.8) is 0 Å². The number of carboxylic acid groups (broad SMARTS) is 4. The van der Waals surface area contributed by atoms with E-state index in [0.29, 0.717) is 5.92 Å².